The molecule has 0 fully saturated rings. The maximum atomic E-state index is 11.3. The second kappa shape index (κ2) is 13.5. The zero-order chi connectivity index (χ0) is 35.6. The van der Waals surface area contributed by atoms with Gasteiger partial charge < -0.3 is 9.80 Å². The van der Waals surface area contributed by atoms with Crippen LogP contribution in [0.2, 0.25) is 0 Å². The Hall–Kier alpha value is -7.32. The van der Waals surface area contributed by atoms with Gasteiger partial charge in [0.05, 0.1) is 9.85 Å². The number of nitrogens with zero attached hydrogens (tertiary/aromatic N) is 4. The summed E-state index contributed by atoms with van der Waals surface area (Å²) < 4.78 is 0. The van der Waals surface area contributed by atoms with E-state index in [4.69, 9.17) is 0 Å². The Morgan fingerprint density at radius 3 is 0.962 bits per heavy atom. The molecule has 0 aromatic heterocycles. The minimum absolute atomic E-state index is 0.0222. The zero-order valence-corrected chi connectivity index (χ0v) is 27.7. The van der Waals surface area contributed by atoms with Crippen LogP contribution in [0.15, 0.2) is 182 Å². The summed E-state index contributed by atoms with van der Waals surface area (Å²) >= 11 is 0. The van der Waals surface area contributed by atoms with E-state index in [9.17, 15) is 20.2 Å². The van der Waals surface area contributed by atoms with E-state index in [-0.39, 0.29) is 11.4 Å². The largest absolute Gasteiger partial charge is 0.310 e. The van der Waals surface area contributed by atoms with Gasteiger partial charge in [0.15, 0.2) is 0 Å². The summed E-state index contributed by atoms with van der Waals surface area (Å²) in [4.78, 5) is 25.9. The molecule has 0 spiro atoms. The molecular formula is C44H30N4O4. The van der Waals surface area contributed by atoms with Gasteiger partial charge in [0.2, 0.25) is 0 Å². The molecule has 8 heteroatoms. The predicted molar refractivity (Wildman–Crippen MR) is 210 cm³/mol. The number of anilines is 6. The number of hydrogen-bond acceptors (Lipinski definition) is 6. The minimum atomic E-state index is -0.442. The number of hydrogen-bond donors (Lipinski definition) is 0. The van der Waals surface area contributed by atoms with Crippen molar-refractivity contribution in [2.75, 3.05) is 9.80 Å². The SMILES string of the molecule is O=[N+]([O-])c1ccc(N(c2ccc(-c3ccc(N(c4ccc5ccccc5c4)c4ccc5ccccc5c4)cc3)cc2)c2ccc([N+](=O)[O-])cc2)cc1. The average molecular weight is 679 g/mol. The molecule has 0 bridgehead atoms. The summed E-state index contributed by atoms with van der Waals surface area (Å²) in [5.41, 5.74) is 7.28. The van der Waals surface area contributed by atoms with Gasteiger partial charge in [-0.25, -0.2) is 0 Å². The molecule has 0 N–H and O–H groups in total. The summed E-state index contributed by atoms with van der Waals surface area (Å²) in [7, 11) is 0. The monoisotopic (exact) mass is 678 g/mol. The van der Waals surface area contributed by atoms with Gasteiger partial charge >= 0.3 is 0 Å². The van der Waals surface area contributed by atoms with E-state index in [2.05, 4.69) is 114 Å². The number of benzene rings is 8. The number of nitro groups is 2. The van der Waals surface area contributed by atoms with Crippen molar-refractivity contribution >= 4 is 67.0 Å². The van der Waals surface area contributed by atoms with E-state index >= 15 is 0 Å². The Bertz CT molecular complexity index is 2430. The van der Waals surface area contributed by atoms with Crippen LogP contribution in [0.25, 0.3) is 32.7 Å². The molecule has 250 valence electrons. The van der Waals surface area contributed by atoms with Gasteiger partial charge in [-0.05, 0) is 105 Å². The van der Waals surface area contributed by atoms with Gasteiger partial charge in [-0.1, -0.05) is 84.9 Å². The fourth-order valence-corrected chi connectivity index (χ4v) is 6.58. The van der Waals surface area contributed by atoms with E-state index in [0.717, 1.165) is 33.9 Å². The number of nitro benzene ring substituents is 2. The molecule has 0 heterocycles. The summed E-state index contributed by atoms with van der Waals surface area (Å²) in [6.07, 6.45) is 0. The first-order valence-corrected chi connectivity index (χ1v) is 16.7. The lowest BCUT2D eigenvalue weighted by atomic mass is 10.0. The lowest BCUT2D eigenvalue weighted by molar-refractivity contribution is -0.385. The fourth-order valence-electron chi connectivity index (χ4n) is 6.58. The molecule has 8 aromatic rings. The highest BCUT2D eigenvalue weighted by molar-refractivity contribution is 5.92. The van der Waals surface area contributed by atoms with E-state index in [1.54, 1.807) is 24.3 Å². The molecule has 0 aliphatic heterocycles. The van der Waals surface area contributed by atoms with Crippen LogP contribution in [0.3, 0.4) is 0 Å². The van der Waals surface area contributed by atoms with Crippen molar-refractivity contribution in [3.8, 4) is 11.1 Å². The first-order chi connectivity index (χ1) is 25.4. The summed E-state index contributed by atoms with van der Waals surface area (Å²) in [6, 6.07) is 58.8. The van der Waals surface area contributed by atoms with E-state index in [1.165, 1.54) is 45.8 Å². The van der Waals surface area contributed by atoms with Crippen LogP contribution in [0.4, 0.5) is 45.5 Å². The Morgan fingerprint density at radius 1 is 0.327 bits per heavy atom. The first-order valence-electron chi connectivity index (χ1n) is 16.7. The third kappa shape index (κ3) is 6.28. The first kappa shape index (κ1) is 31.9. The minimum Gasteiger partial charge on any atom is -0.310 e. The lowest BCUT2D eigenvalue weighted by Gasteiger charge is -2.26. The van der Waals surface area contributed by atoms with Crippen LogP contribution in [-0.2, 0) is 0 Å². The molecule has 0 amide bonds. The number of fused-ring (bicyclic) bond motifs is 2. The van der Waals surface area contributed by atoms with E-state index in [1.807, 2.05) is 29.2 Å². The predicted octanol–water partition coefficient (Wildman–Crippen LogP) is 12.4. The molecule has 0 aliphatic carbocycles. The van der Waals surface area contributed by atoms with Crippen molar-refractivity contribution < 1.29 is 9.85 Å². The van der Waals surface area contributed by atoms with Gasteiger partial charge in [0, 0.05) is 58.4 Å². The number of rotatable bonds is 9. The quantitative estimate of drug-likeness (QED) is 0.111. The van der Waals surface area contributed by atoms with E-state index in [0.29, 0.717) is 11.4 Å². The van der Waals surface area contributed by atoms with Crippen molar-refractivity contribution in [3.63, 3.8) is 0 Å². The second-order valence-electron chi connectivity index (χ2n) is 12.4. The van der Waals surface area contributed by atoms with Crippen LogP contribution in [0.1, 0.15) is 0 Å². The summed E-state index contributed by atoms with van der Waals surface area (Å²) in [6.45, 7) is 0. The lowest BCUT2D eigenvalue weighted by Crippen LogP contribution is -2.10. The second-order valence-corrected chi connectivity index (χ2v) is 12.4. The zero-order valence-electron chi connectivity index (χ0n) is 27.7. The molecular weight excluding hydrogens is 649 g/mol. The molecule has 8 nitrogen and oxygen atoms in total. The fraction of sp³-hybridized carbons (Fsp3) is 0. The average Bonchev–Trinajstić information content (AvgIpc) is 3.19. The molecule has 0 unspecified atom stereocenters. The van der Waals surface area contributed by atoms with Crippen molar-refractivity contribution in [2.24, 2.45) is 0 Å². The molecule has 0 atom stereocenters. The molecule has 0 saturated carbocycles. The Morgan fingerprint density at radius 2 is 0.615 bits per heavy atom. The van der Waals surface area contributed by atoms with E-state index < -0.39 is 9.85 Å². The van der Waals surface area contributed by atoms with Gasteiger partial charge in [-0.3, -0.25) is 20.2 Å². The maximum absolute atomic E-state index is 11.3. The van der Waals surface area contributed by atoms with Gasteiger partial charge in [-0.2, -0.15) is 0 Å². The van der Waals surface area contributed by atoms with Gasteiger partial charge in [0.1, 0.15) is 0 Å². The highest BCUT2D eigenvalue weighted by Crippen LogP contribution is 2.40. The van der Waals surface area contributed by atoms with Crippen LogP contribution in [0, 0.1) is 20.2 Å². The smallest absolute Gasteiger partial charge is 0.269 e. The highest BCUT2D eigenvalue weighted by atomic mass is 16.6. The molecule has 0 radical (unpaired) electrons. The van der Waals surface area contributed by atoms with Crippen molar-refractivity contribution in [1.29, 1.82) is 0 Å². The summed E-state index contributed by atoms with van der Waals surface area (Å²) in [5, 5.41) is 27.3. The van der Waals surface area contributed by atoms with Crippen LogP contribution in [0.5, 0.6) is 0 Å². The molecule has 8 rings (SSSR count). The summed E-state index contributed by atoms with van der Waals surface area (Å²) in [5.74, 6) is 0. The molecule has 0 aliphatic rings. The standard InChI is InChI=1S/C44H30N4O4/c49-47(50)41-25-21-39(22-26-41)45(40-23-27-42(28-24-40)48(51)52)37-15-9-33(10-16-37)34-11-17-38(18-12-34)46(43-19-13-31-5-1-3-7-35(31)29-43)44-20-14-32-6-2-4-8-36(32)30-44/h1-30H. The third-order valence-corrected chi connectivity index (χ3v) is 9.20. The van der Waals surface area contributed by atoms with Crippen molar-refractivity contribution in [3.05, 3.63) is 202 Å². The van der Waals surface area contributed by atoms with Crippen LogP contribution >= 0.6 is 0 Å². The Labute approximate surface area is 299 Å². The van der Waals surface area contributed by atoms with Crippen molar-refractivity contribution in [1.82, 2.24) is 0 Å². The third-order valence-electron chi connectivity index (χ3n) is 9.20. The Kier molecular flexibility index (Phi) is 8.31. The van der Waals surface area contributed by atoms with Crippen molar-refractivity contribution in [2.45, 2.75) is 0 Å². The van der Waals surface area contributed by atoms with Crippen LogP contribution < -0.4 is 9.80 Å². The van der Waals surface area contributed by atoms with Gasteiger partial charge in [-0.15, -0.1) is 0 Å². The molecule has 0 saturated heterocycles. The maximum Gasteiger partial charge on any atom is 0.269 e. The van der Waals surface area contributed by atoms with Gasteiger partial charge in [0.25, 0.3) is 11.4 Å². The Balaban J connectivity index is 1.14. The topological polar surface area (TPSA) is 92.8 Å². The molecule has 8 aromatic carbocycles. The normalized spacial score (nSPS) is 11.0. The highest BCUT2D eigenvalue weighted by Gasteiger charge is 2.17. The molecule has 52 heavy (non-hydrogen) atoms. The van der Waals surface area contributed by atoms with Crippen LogP contribution in [-0.4, -0.2) is 9.85 Å². The number of non-ortho nitro benzene ring substituents is 2.